The fourth-order valence-electron chi connectivity index (χ4n) is 5.82. The Bertz CT molecular complexity index is 859. The lowest BCUT2D eigenvalue weighted by molar-refractivity contribution is -0.144. The van der Waals surface area contributed by atoms with Crippen LogP contribution >= 0.6 is 0 Å². The molecule has 3 fully saturated rings. The molecule has 1 aromatic rings. The molecule has 4 heterocycles. The molecule has 1 aliphatic carbocycles. The number of likely N-dealkylation sites (tertiary alicyclic amines) is 1. The predicted octanol–water partition coefficient (Wildman–Crippen LogP) is 2.23. The van der Waals surface area contributed by atoms with Crippen LogP contribution in [-0.2, 0) is 20.9 Å². The standard InChI is InChI=1S/C22H30N4O4/c1-3-25(12-17-23-14(2)30-24-17)20(27)18-16-10-11-22(29-16)13-26(21(28)19(18)22)15-8-6-4-5-7-9-15/h10-11,15-16,18-19H,3-9,12-13H2,1-2H3/t16-,18+,19+,22-/m0/s1. The molecule has 4 atom stereocenters. The maximum atomic E-state index is 13.6. The van der Waals surface area contributed by atoms with E-state index in [1.54, 1.807) is 11.8 Å². The summed E-state index contributed by atoms with van der Waals surface area (Å²) in [5, 5.41) is 3.92. The number of fused-ring (bicyclic) bond motifs is 1. The van der Waals surface area contributed by atoms with Crippen LogP contribution < -0.4 is 0 Å². The lowest BCUT2D eigenvalue weighted by atomic mass is 9.76. The van der Waals surface area contributed by atoms with Crippen molar-refractivity contribution in [1.82, 2.24) is 19.9 Å². The smallest absolute Gasteiger partial charge is 0.230 e. The van der Waals surface area contributed by atoms with Crippen molar-refractivity contribution in [3.8, 4) is 0 Å². The van der Waals surface area contributed by atoms with Crippen LogP contribution in [0.1, 0.15) is 57.2 Å². The van der Waals surface area contributed by atoms with Gasteiger partial charge in [-0.1, -0.05) is 43.0 Å². The van der Waals surface area contributed by atoms with Crippen LogP contribution in [0.3, 0.4) is 0 Å². The molecule has 30 heavy (non-hydrogen) atoms. The van der Waals surface area contributed by atoms with Gasteiger partial charge in [-0.2, -0.15) is 4.98 Å². The lowest BCUT2D eigenvalue weighted by Crippen LogP contribution is -2.46. The van der Waals surface area contributed by atoms with Gasteiger partial charge in [0.15, 0.2) is 5.82 Å². The number of aryl methyl sites for hydroxylation is 1. The van der Waals surface area contributed by atoms with E-state index >= 15 is 0 Å². The highest BCUT2D eigenvalue weighted by atomic mass is 16.5. The third kappa shape index (κ3) is 3.07. The molecular formula is C22H30N4O4. The van der Waals surface area contributed by atoms with E-state index in [1.807, 2.05) is 24.0 Å². The van der Waals surface area contributed by atoms with Crippen molar-refractivity contribution < 1.29 is 18.8 Å². The summed E-state index contributed by atoms with van der Waals surface area (Å²) in [6, 6.07) is 0.274. The van der Waals surface area contributed by atoms with Gasteiger partial charge in [0, 0.05) is 19.5 Å². The summed E-state index contributed by atoms with van der Waals surface area (Å²) < 4.78 is 11.4. The fraction of sp³-hybridized carbons (Fsp3) is 0.727. The highest BCUT2D eigenvalue weighted by Crippen LogP contribution is 2.53. The van der Waals surface area contributed by atoms with Gasteiger partial charge in [-0.05, 0) is 19.8 Å². The Kier molecular flexibility index (Phi) is 4.92. The van der Waals surface area contributed by atoms with E-state index in [2.05, 4.69) is 10.1 Å². The summed E-state index contributed by atoms with van der Waals surface area (Å²) in [5.41, 5.74) is -0.642. The Morgan fingerprint density at radius 2 is 2.07 bits per heavy atom. The van der Waals surface area contributed by atoms with E-state index in [0.29, 0.717) is 24.8 Å². The molecule has 4 aliphatic rings. The van der Waals surface area contributed by atoms with E-state index in [9.17, 15) is 9.59 Å². The number of hydrogen-bond donors (Lipinski definition) is 0. The van der Waals surface area contributed by atoms with Gasteiger partial charge in [0.2, 0.25) is 17.7 Å². The van der Waals surface area contributed by atoms with E-state index in [1.165, 1.54) is 25.7 Å². The van der Waals surface area contributed by atoms with Crippen molar-refractivity contribution in [2.45, 2.75) is 76.7 Å². The molecule has 8 heteroatoms. The third-order valence-corrected chi connectivity index (χ3v) is 7.28. The summed E-state index contributed by atoms with van der Waals surface area (Å²) in [4.78, 5) is 35.1. The number of ether oxygens (including phenoxy) is 1. The van der Waals surface area contributed by atoms with Gasteiger partial charge in [-0.3, -0.25) is 9.59 Å². The van der Waals surface area contributed by atoms with Gasteiger partial charge in [0.25, 0.3) is 0 Å². The largest absolute Gasteiger partial charge is 0.360 e. The number of carbonyl (C=O) groups is 2. The summed E-state index contributed by atoms with van der Waals surface area (Å²) in [5.74, 6) is 0.0878. The first kappa shape index (κ1) is 19.7. The molecule has 5 rings (SSSR count). The van der Waals surface area contributed by atoms with Gasteiger partial charge in [-0.15, -0.1) is 0 Å². The van der Waals surface area contributed by atoms with Gasteiger partial charge in [0.1, 0.15) is 5.60 Å². The SMILES string of the molecule is CCN(Cc1noc(C)n1)C(=O)[C@@H]1[C@@H]2C=C[C@@]3(CN(C4CCCCCC4)C(=O)[C@@H]13)O2. The quantitative estimate of drug-likeness (QED) is 0.542. The van der Waals surface area contributed by atoms with Crippen LogP contribution in [0.25, 0.3) is 0 Å². The van der Waals surface area contributed by atoms with E-state index < -0.39 is 17.4 Å². The number of amides is 2. The molecule has 3 aliphatic heterocycles. The maximum Gasteiger partial charge on any atom is 0.230 e. The highest BCUT2D eigenvalue weighted by Gasteiger charge is 2.67. The van der Waals surface area contributed by atoms with Crippen LogP contribution in [0.4, 0.5) is 0 Å². The van der Waals surface area contributed by atoms with Gasteiger partial charge >= 0.3 is 0 Å². The second-order valence-corrected chi connectivity index (χ2v) is 9.09. The zero-order valence-electron chi connectivity index (χ0n) is 17.7. The first-order valence-electron chi connectivity index (χ1n) is 11.3. The number of rotatable bonds is 5. The van der Waals surface area contributed by atoms with E-state index in [0.717, 1.165) is 12.8 Å². The van der Waals surface area contributed by atoms with Crippen molar-refractivity contribution in [2.24, 2.45) is 11.8 Å². The van der Waals surface area contributed by atoms with E-state index in [-0.39, 0.29) is 30.5 Å². The average Bonchev–Trinajstić information content (AvgIpc) is 3.43. The maximum absolute atomic E-state index is 13.6. The second kappa shape index (κ2) is 7.48. The van der Waals surface area contributed by atoms with Gasteiger partial charge < -0.3 is 19.1 Å². The number of nitrogens with zero attached hydrogens (tertiary/aromatic N) is 4. The summed E-state index contributed by atoms with van der Waals surface area (Å²) >= 11 is 0. The Morgan fingerprint density at radius 3 is 2.73 bits per heavy atom. The average molecular weight is 415 g/mol. The molecular weight excluding hydrogens is 384 g/mol. The monoisotopic (exact) mass is 414 g/mol. The molecule has 2 amide bonds. The lowest BCUT2D eigenvalue weighted by Gasteiger charge is -2.30. The Labute approximate surface area is 176 Å². The van der Waals surface area contributed by atoms with Crippen molar-refractivity contribution in [2.75, 3.05) is 13.1 Å². The normalized spacial score (nSPS) is 33.2. The van der Waals surface area contributed by atoms with Crippen LogP contribution in [0.5, 0.6) is 0 Å². The fourth-order valence-corrected chi connectivity index (χ4v) is 5.82. The summed E-state index contributed by atoms with van der Waals surface area (Å²) in [7, 11) is 0. The molecule has 0 aromatic carbocycles. The summed E-state index contributed by atoms with van der Waals surface area (Å²) in [6.45, 7) is 5.03. The third-order valence-electron chi connectivity index (χ3n) is 7.28. The van der Waals surface area contributed by atoms with E-state index in [4.69, 9.17) is 9.26 Å². The Balaban J connectivity index is 1.38. The molecule has 1 spiro atoms. The Morgan fingerprint density at radius 1 is 1.30 bits per heavy atom. The molecule has 1 saturated carbocycles. The van der Waals surface area contributed by atoms with Crippen LogP contribution in [0, 0.1) is 18.8 Å². The highest BCUT2D eigenvalue weighted by molar-refractivity contribution is 5.93. The van der Waals surface area contributed by atoms with Crippen LogP contribution in [0.2, 0.25) is 0 Å². The van der Waals surface area contributed by atoms with Crippen molar-refractivity contribution in [3.63, 3.8) is 0 Å². The topological polar surface area (TPSA) is 88.8 Å². The predicted molar refractivity (Wildman–Crippen MR) is 107 cm³/mol. The minimum atomic E-state index is -0.642. The molecule has 0 unspecified atom stereocenters. The number of hydrogen-bond acceptors (Lipinski definition) is 6. The van der Waals surface area contributed by atoms with Gasteiger partial charge in [-0.25, -0.2) is 0 Å². The molecule has 0 N–H and O–H groups in total. The number of carbonyl (C=O) groups excluding carboxylic acids is 2. The first-order valence-corrected chi connectivity index (χ1v) is 11.3. The minimum Gasteiger partial charge on any atom is -0.360 e. The molecule has 2 bridgehead atoms. The zero-order valence-corrected chi connectivity index (χ0v) is 17.7. The molecule has 2 saturated heterocycles. The van der Waals surface area contributed by atoms with Crippen LogP contribution in [0.15, 0.2) is 16.7 Å². The molecule has 0 radical (unpaired) electrons. The molecule has 162 valence electrons. The second-order valence-electron chi connectivity index (χ2n) is 9.09. The van der Waals surface area contributed by atoms with Crippen molar-refractivity contribution in [1.29, 1.82) is 0 Å². The minimum absolute atomic E-state index is 0.0581. The molecule has 8 nitrogen and oxygen atoms in total. The first-order chi connectivity index (χ1) is 14.5. The number of aromatic nitrogens is 2. The van der Waals surface area contributed by atoms with Crippen LogP contribution in [-0.4, -0.2) is 62.6 Å². The Hall–Kier alpha value is -2.22. The molecule has 1 aromatic heterocycles. The van der Waals surface area contributed by atoms with Crippen molar-refractivity contribution >= 4 is 11.8 Å². The van der Waals surface area contributed by atoms with Gasteiger partial charge in [0.05, 0.1) is 31.0 Å². The summed E-state index contributed by atoms with van der Waals surface area (Å²) in [6.07, 6.45) is 10.6. The van der Waals surface area contributed by atoms with Crippen molar-refractivity contribution in [3.05, 3.63) is 23.9 Å². The zero-order chi connectivity index (χ0) is 20.9.